The molecule has 1 aliphatic rings. The maximum atomic E-state index is 3.09. The van der Waals surface area contributed by atoms with Crippen LogP contribution >= 0.6 is 17.2 Å². The zero-order valence-corrected chi connectivity index (χ0v) is 26.0. The first-order chi connectivity index (χ1) is 18.8. The largest absolute Gasteiger partial charge is 0.133 e. The van der Waals surface area contributed by atoms with Crippen molar-refractivity contribution in [2.75, 3.05) is 12.3 Å². The second-order valence-electron chi connectivity index (χ2n) is 11.6. The molecule has 2 atom stereocenters. The molecule has 0 N–H and O–H groups in total. The molecule has 1 aliphatic carbocycles. The molecular formula is C37H40P2. The lowest BCUT2D eigenvalue weighted by Crippen LogP contribution is -2.26. The van der Waals surface area contributed by atoms with E-state index in [9.17, 15) is 0 Å². The number of rotatable bonds is 7. The van der Waals surface area contributed by atoms with Gasteiger partial charge in [-0.3, -0.25) is 0 Å². The standard InChI is InChI=1S/C37H40P2/c1-26-16-12-14-22-32(26)39(33-23-15-13-17-27(33)2)25-31-30(24-38)34(28-18-8-6-9-19-28)35(36(31)37(3,4)5)29-20-10-7-11-21-29/h6-23,31H,24-25,38H2,1-5H3. The van der Waals surface area contributed by atoms with Crippen molar-refractivity contribution in [2.45, 2.75) is 34.6 Å². The van der Waals surface area contributed by atoms with Gasteiger partial charge in [0.05, 0.1) is 0 Å². The highest BCUT2D eigenvalue weighted by atomic mass is 31.1. The van der Waals surface area contributed by atoms with E-state index in [1.165, 1.54) is 44.0 Å². The smallest absolute Gasteiger partial charge is 0.00797 e. The highest BCUT2D eigenvalue weighted by molar-refractivity contribution is 7.73. The molecule has 4 aromatic rings. The Morgan fingerprint density at radius 1 is 0.615 bits per heavy atom. The van der Waals surface area contributed by atoms with Gasteiger partial charge in [0.1, 0.15) is 0 Å². The van der Waals surface area contributed by atoms with Gasteiger partial charge < -0.3 is 0 Å². The summed E-state index contributed by atoms with van der Waals surface area (Å²) in [6.45, 7) is 11.8. The van der Waals surface area contributed by atoms with E-state index in [0.717, 1.165) is 12.3 Å². The highest BCUT2D eigenvalue weighted by Gasteiger charge is 2.40. The lowest BCUT2D eigenvalue weighted by atomic mass is 9.76. The highest BCUT2D eigenvalue weighted by Crippen LogP contribution is 2.56. The van der Waals surface area contributed by atoms with E-state index in [0.29, 0.717) is 5.92 Å². The minimum absolute atomic E-state index is 0.0237. The summed E-state index contributed by atoms with van der Waals surface area (Å²) in [4.78, 5) is 0. The third kappa shape index (κ3) is 5.61. The summed E-state index contributed by atoms with van der Waals surface area (Å²) >= 11 is 0. The van der Waals surface area contributed by atoms with E-state index in [2.05, 4.69) is 153 Å². The Morgan fingerprint density at radius 3 is 1.49 bits per heavy atom. The van der Waals surface area contributed by atoms with Crippen molar-refractivity contribution >= 4 is 38.9 Å². The number of hydrogen-bond donors (Lipinski definition) is 0. The number of hydrogen-bond acceptors (Lipinski definition) is 0. The number of benzene rings is 4. The molecule has 0 spiro atoms. The fourth-order valence-electron chi connectivity index (χ4n) is 6.24. The predicted octanol–water partition coefficient (Wildman–Crippen LogP) is 9.19. The minimum atomic E-state index is -0.563. The average molecular weight is 547 g/mol. The first kappa shape index (κ1) is 27.8. The zero-order valence-electron chi connectivity index (χ0n) is 23.9. The van der Waals surface area contributed by atoms with E-state index in [-0.39, 0.29) is 5.41 Å². The normalized spacial score (nSPS) is 15.9. The molecular weight excluding hydrogens is 506 g/mol. The van der Waals surface area contributed by atoms with Crippen molar-refractivity contribution in [3.8, 4) is 0 Å². The molecule has 0 radical (unpaired) electrons. The van der Waals surface area contributed by atoms with Crippen LogP contribution in [0.4, 0.5) is 0 Å². The van der Waals surface area contributed by atoms with Crippen LogP contribution in [-0.2, 0) is 0 Å². The second-order valence-corrected chi connectivity index (χ2v) is 14.2. The van der Waals surface area contributed by atoms with Crippen LogP contribution in [0, 0.1) is 25.2 Å². The monoisotopic (exact) mass is 546 g/mol. The van der Waals surface area contributed by atoms with Gasteiger partial charge in [0.25, 0.3) is 0 Å². The maximum absolute atomic E-state index is 3.09. The van der Waals surface area contributed by atoms with Gasteiger partial charge in [-0.15, -0.1) is 9.24 Å². The topological polar surface area (TPSA) is 0 Å². The fourth-order valence-corrected chi connectivity index (χ4v) is 9.68. The van der Waals surface area contributed by atoms with Crippen LogP contribution in [0.3, 0.4) is 0 Å². The molecule has 0 aromatic heterocycles. The predicted molar refractivity (Wildman–Crippen MR) is 178 cm³/mol. The van der Waals surface area contributed by atoms with E-state index in [4.69, 9.17) is 0 Å². The van der Waals surface area contributed by atoms with Gasteiger partial charge in [-0.05, 0) is 89.1 Å². The summed E-state index contributed by atoms with van der Waals surface area (Å²) in [5, 5.41) is 3.01. The van der Waals surface area contributed by atoms with Crippen molar-refractivity contribution in [2.24, 2.45) is 11.3 Å². The van der Waals surface area contributed by atoms with Crippen LogP contribution in [-0.4, -0.2) is 12.3 Å². The third-order valence-corrected chi connectivity index (χ3v) is 11.3. The first-order valence-corrected chi connectivity index (χ1v) is 16.3. The van der Waals surface area contributed by atoms with Crippen LogP contribution in [0.1, 0.15) is 43.0 Å². The van der Waals surface area contributed by atoms with Gasteiger partial charge >= 0.3 is 0 Å². The second kappa shape index (κ2) is 11.8. The summed E-state index contributed by atoms with van der Waals surface area (Å²) in [5.41, 5.74) is 11.5. The van der Waals surface area contributed by atoms with Crippen molar-refractivity contribution in [1.29, 1.82) is 0 Å². The maximum Gasteiger partial charge on any atom is 0.00797 e. The van der Waals surface area contributed by atoms with E-state index in [1.807, 2.05) is 0 Å². The zero-order chi connectivity index (χ0) is 27.6. The van der Waals surface area contributed by atoms with Gasteiger partial charge in [-0.1, -0.05) is 136 Å². The van der Waals surface area contributed by atoms with Gasteiger partial charge in [0.15, 0.2) is 0 Å². The Hall–Kier alpha value is -2.78. The lowest BCUT2D eigenvalue weighted by molar-refractivity contribution is 0.465. The first-order valence-electron chi connectivity index (χ1n) is 14.0. The molecule has 5 rings (SSSR count). The van der Waals surface area contributed by atoms with Crippen molar-refractivity contribution in [1.82, 2.24) is 0 Å². The van der Waals surface area contributed by atoms with Gasteiger partial charge in [-0.25, -0.2) is 0 Å². The summed E-state index contributed by atoms with van der Waals surface area (Å²) in [6.07, 6.45) is 2.09. The van der Waals surface area contributed by atoms with Crippen molar-refractivity contribution in [3.05, 3.63) is 143 Å². The summed E-state index contributed by atoms with van der Waals surface area (Å²) < 4.78 is 0. The van der Waals surface area contributed by atoms with Crippen molar-refractivity contribution in [3.63, 3.8) is 0 Å². The Labute approximate surface area is 239 Å². The summed E-state index contributed by atoms with van der Waals surface area (Å²) in [5.74, 6) is 0.373. The van der Waals surface area contributed by atoms with Crippen LogP contribution in [0.2, 0.25) is 0 Å². The SMILES string of the molecule is Cc1ccccc1P(CC1C(CP)=C(c2ccccc2)C(c2ccccc2)=C1C(C)(C)C)c1ccccc1C. The van der Waals surface area contributed by atoms with Crippen LogP contribution in [0.15, 0.2) is 120 Å². The fraction of sp³-hybridized carbons (Fsp3) is 0.243. The molecule has 0 saturated carbocycles. The van der Waals surface area contributed by atoms with Crippen LogP contribution < -0.4 is 10.6 Å². The van der Waals surface area contributed by atoms with E-state index in [1.54, 1.807) is 11.1 Å². The molecule has 2 heteroatoms. The quantitative estimate of drug-likeness (QED) is 0.203. The minimum Gasteiger partial charge on any atom is -0.133 e. The summed E-state index contributed by atoms with van der Waals surface area (Å²) in [6, 6.07) is 40.3. The summed E-state index contributed by atoms with van der Waals surface area (Å²) in [7, 11) is 2.53. The molecule has 0 fully saturated rings. The Kier molecular flexibility index (Phi) is 8.38. The molecule has 198 valence electrons. The molecule has 0 amide bonds. The molecule has 0 bridgehead atoms. The Balaban J connectivity index is 1.79. The Bertz CT molecular complexity index is 1460. The molecule has 0 nitrogen and oxygen atoms in total. The average Bonchev–Trinajstić information content (AvgIpc) is 3.28. The molecule has 0 saturated heterocycles. The Morgan fingerprint density at radius 2 is 1.05 bits per heavy atom. The third-order valence-electron chi connectivity index (χ3n) is 7.94. The van der Waals surface area contributed by atoms with Crippen LogP contribution in [0.5, 0.6) is 0 Å². The molecule has 39 heavy (non-hydrogen) atoms. The molecule has 0 aliphatic heterocycles. The number of aryl methyl sites for hydroxylation is 2. The van der Waals surface area contributed by atoms with Gasteiger partial charge in [0, 0.05) is 5.92 Å². The number of allylic oxidation sites excluding steroid dienone is 4. The molecule has 2 unspecified atom stereocenters. The molecule has 4 aromatic carbocycles. The lowest BCUT2D eigenvalue weighted by Gasteiger charge is -2.34. The van der Waals surface area contributed by atoms with Gasteiger partial charge in [0.2, 0.25) is 0 Å². The van der Waals surface area contributed by atoms with E-state index < -0.39 is 7.92 Å². The van der Waals surface area contributed by atoms with Crippen LogP contribution in [0.25, 0.3) is 11.1 Å². The molecule has 0 heterocycles. The van der Waals surface area contributed by atoms with Gasteiger partial charge in [-0.2, -0.15) is 0 Å². The van der Waals surface area contributed by atoms with E-state index >= 15 is 0 Å². The van der Waals surface area contributed by atoms with Crippen molar-refractivity contribution < 1.29 is 0 Å².